The second-order valence-electron chi connectivity index (χ2n) is 9.87. The number of aliphatic hydroxyl groups excluding tert-OH is 1. The summed E-state index contributed by atoms with van der Waals surface area (Å²) in [6.07, 6.45) is 7.22. The Morgan fingerprint density at radius 3 is 2.67 bits per heavy atom. The van der Waals surface area contributed by atoms with Crippen molar-refractivity contribution in [2.24, 2.45) is 0 Å². The Hall–Kier alpha value is -2.79. The van der Waals surface area contributed by atoms with E-state index in [1.165, 1.54) is 12.0 Å². The van der Waals surface area contributed by atoms with Crippen LogP contribution in [0.15, 0.2) is 46.9 Å². The highest BCUT2D eigenvalue weighted by atomic mass is 16.5. The third-order valence-electron chi connectivity index (χ3n) is 7.38. The van der Waals surface area contributed by atoms with Gasteiger partial charge in [-0.1, -0.05) is 36.8 Å². The van der Waals surface area contributed by atoms with E-state index in [0.29, 0.717) is 17.8 Å². The molecule has 2 N–H and O–H groups in total. The van der Waals surface area contributed by atoms with Crippen LogP contribution in [0, 0.1) is 6.92 Å². The molecule has 1 fully saturated rings. The van der Waals surface area contributed by atoms with Gasteiger partial charge in [0, 0.05) is 29.0 Å². The lowest BCUT2D eigenvalue weighted by atomic mass is 9.77. The first kappa shape index (κ1) is 22.0. The molecule has 1 saturated carbocycles. The van der Waals surface area contributed by atoms with Crippen molar-refractivity contribution in [2.45, 2.75) is 83.0 Å². The van der Waals surface area contributed by atoms with Crippen LogP contribution in [0.5, 0.6) is 5.75 Å². The van der Waals surface area contributed by atoms with Crippen LogP contribution in [0.2, 0.25) is 0 Å². The average Bonchev–Trinajstić information content (AvgIpc) is 3.15. The molecule has 1 amide bonds. The zero-order chi connectivity index (χ0) is 23.0. The Morgan fingerprint density at radius 2 is 1.91 bits per heavy atom. The number of benzene rings is 2. The van der Waals surface area contributed by atoms with Crippen molar-refractivity contribution in [3.63, 3.8) is 0 Å². The largest absolute Gasteiger partial charge is 0.487 e. The molecule has 5 rings (SSSR count). The van der Waals surface area contributed by atoms with Crippen LogP contribution >= 0.6 is 0 Å². The molecule has 0 radical (unpaired) electrons. The fourth-order valence-corrected chi connectivity index (χ4v) is 5.61. The maximum atomic E-state index is 13.1. The van der Waals surface area contributed by atoms with Gasteiger partial charge in [-0.05, 0) is 70.1 Å². The lowest BCUT2D eigenvalue weighted by molar-refractivity contribution is -0.0373. The summed E-state index contributed by atoms with van der Waals surface area (Å²) in [7, 11) is 0. The second kappa shape index (κ2) is 8.86. The molecule has 1 aliphatic carbocycles. The molecule has 3 aromatic rings. The van der Waals surface area contributed by atoms with Gasteiger partial charge in [0.1, 0.15) is 16.9 Å². The minimum absolute atomic E-state index is 0.0133. The van der Waals surface area contributed by atoms with Crippen molar-refractivity contribution < 1.29 is 19.1 Å². The molecule has 2 aromatic carbocycles. The fourth-order valence-electron chi connectivity index (χ4n) is 5.61. The van der Waals surface area contributed by atoms with Crippen LogP contribution in [0.4, 0.5) is 0 Å². The molecule has 0 saturated heterocycles. The molecular formula is C28H33NO4. The lowest BCUT2D eigenvalue weighted by Crippen LogP contribution is -2.42. The van der Waals surface area contributed by atoms with Gasteiger partial charge in [0.25, 0.3) is 5.91 Å². The smallest absolute Gasteiger partial charge is 0.287 e. The van der Waals surface area contributed by atoms with Crippen molar-refractivity contribution in [3.05, 3.63) is 64.9 Å². The summed E-state index contributed by atoms with van der Waals surface area (Å²) in [4.78, 5) is 13.1. The van der Waals surface area contributed by atoms with E-state index in [0.717, 1.165) is 60.8 Å². The normalized spacial score (nSPS) is 20.3. The number of fused-ring (bicyclic) bond motifs is 3. The monoisotopic (exact) mass is 447 g/mol. The Labute approximate surface area is 195 Å². The average molecular weight is 448 g/mol. The molecule has 33 heavy (non-hydrogen) atoms. The summed E-state index contributed by atoms with van der Waals surface area (Å²) in [6, 6.07) is 14.1. The first-order valence-corrected chi connectivity index (χ1v) is 12.2. The van der Waals surface area contributed by atoms with E-state index in [4.69, 9.17) is 9.15 Å². The predicted octanol–water partition coefficient (Wildman–Crippen LogP) is 6.01. The number of hydrogen-bond acceptors (Lipinski definition) is 4. The molecule has 1 spiro atoms. The zero-order valence-corrected chi connectivity index (χ0v) is 19.5. The molecule has 0 bridgehead atoms. The quantitative estimate of drug-likeness (QED) is 0.502. The molecule has 174 valence electrons. The van der Waals surface area contributed by atoms with Crippen LogP contribution in [0.1, 0.15) is 85.2 Å². The maximum Gasteiger partial charge on any atom is 0.287 e. The van der Waals surface area contributed by atoms with E-state index < -0.39 is 6.10 Å². The Bertz CT molecular complexity index is 1140. The van der Waals surface area contributed by atoms with E-state index in [2.05, 4.69) is 17.4 Å². The van der Waals surface area contributed by atoms with Gasteiger partial charge in [-0.3, -0.25) is 4.79 Å². The van der Waals surface area contributed by atoms with Gasteiger partial charge >= 0.3 is 0 Å². The van der Waals surface area contributed by atoms with Crippen LogP contribution in [0.25, 0.3) is 11.0 Å². The third-order valence-corrected chi connectivity index (χ3v) is 7.38. The van der Waals surface area contributed by atoms with Crippen molar-refractivity contribution in [3.8, 4) is 5.75 Å². The van der Waals surface area contributed by atoms with Crippen molar-refractivity contribution >= 4 is 16.9 Å². The number of nitrogens with one attached hydrogen (secondary N) is 1. The number of furan rings is 1. The summed E-state index contributed by atoms with van der Waals surface area (Å²) in [6.45, 7) is 3.91. The number of aryl methyl sites for hydroxylation is 2. The Morgan fingerprint density at radius 1 is 1.15 bits per heavy atom. The summed E-state index contributed by atoms with van der Waals surface area (Å²) < 4.78 is 12.5. The molecule has 1 aromatic heterocycles. The van der Waals surface area contributed by atoms with Crippen LogP contribution in [-0.2, 0) is 6.42 Å². The van der Waals surface area contributed by atoms with Gasteiger partial charge in [0.2, 0.25) is 0 Å². The number of amides is 1. The number of aliphatic hydroxyl groups is 1. The number of rotatable bonds is 5. The van der Waals surface area contributed by atoms with E-state index in [1.807, 2.05) is 44.2 Å². The number of hydrogen-bond donors (Lipinski definition) is 2. The molecule has 5 nitrogen and oxygen atoms in total. The van der Waals surface area contributed by atoms with Gasteiger partial charge in [-0.2, -0.15) is 0 Å². The number of ether oxygens (including phenoxy) is 1. The molecule has 1 aliphatic heterocycles. The molecule has 2 heterocycles. The zero-order valence-electron chi connectivity index (χ0n) is 19.5. The summed E-state index contributed by atoms with van der Waals surface area (Å²) in [5, 5.41) is 15.0. The molecule has 2 atom stereocenters. The van der Waals surface area contributed by atoms with Gasteiger partial charge < -0.3 is 19.6 Å². The molecule has 2 aliphatic rings. The predicted molar refractivity (Wildman–Crippen MR) is 129 cm³/mol. The summed E-state index contributed by atoms with van der Waals surface area (Å²) >= 11 is 0. The Balaban J connectivity index is 1.36. The summed E-state index contributed by atoms with van der Waals surface area (Å²) in [5.41, 5.74) is 3.15. The van der Waals surface area contributed by atoms with Gasteiger partial charge in [-0.15, -0.1) is 0 Å². The maximum absolute atomic E-state index is 13.1. The van der Waals surface area contributed by atoms with E-state index in [9.17, 15) is 9.90 Å². The Kier molecular flexibility index (Phi) is 5.92. The highest BCUT2D eigenvalue weighted by Crippen LogP contribution is 2.49. The van der Waals surface area contributed by atoms with Gasteiger partial charge in [0.05, 0.1) is 6.10 Å². The van der Waals surface area contributed by atoms with E-state index >= 15 is 0 Å². The van der Waals surface area contributed by atoms with Crippen molar-refractivity contribution in [1.82, 2.24) is 5.32 Å². The topological polar surface area (TPSA) is 71.7 Å². The highest BCUT2D eigenvalue weighted by Gasteiger charge is 2.42. The fraction of sp³-hybridized carbons (Fsp3) is 0.464. The third kappa shape index (κ3) is 4.26. The van der Waals surface area contributed by atoms with Gasteiger partial charge in [-0.25, -0.2) is 0 Å². The van der Waals surface area contributed by atoms with Crippen LogP contribution in [-0.4, -0.2) is 22.7 Å². The molecular weight excluding hydrogens is 414 g/mol. The molecule has 0 unspecified atom stereocenters. The van der Waals surface area contributed by atoms with Crippen LogP contribution < -0.4 is 10.1 Å². The molecule has 5 heteroatoms. The summed E-state index contributed by atoms with van der Waals surface area (Å²) in [5.74, 6) is 0.832. The number of carbonyl (C=O) groups excluding carboxylic acids is 1. The second-order valence-corrected chi connectivity index (χ2v) is 9.87. The lowest BCUT2D eigenvalue weighted by Gasteiger charge is -2.43. The first-order valence-electron chi connectivity index (χ1n) is 12.2. The van der Waals surface area contributed by atoms with Gasteiger partial charge in [0.15, 0.2) is 5.76 Å². The minimum atomic E-state index is -0.618. The highest BCUT2D eigenvalue weighted by molar-refractivity contribution is 6.00. The minimum Gasteiger partial charge on any atom is -0.487 e. The standard InChI is InChI=1S/C28H33NO4/c1-18(11-12-20-9-5-3-6-10-20)29-27(31)26-19(2)24-22(32-26)13-14-23-25(24)21(30)17-28(33-23)15-7-4-8-16-28/h3,5-6,9-10,13-14,18,21,30H,4,7-8,11-12,15-17H2,1-2H3,(H,29,31)/t18-,21+/m0/s1. The number of carbonyl (C=O) groups is 1. The van der Waals surface area contributed by atoms with Crippen molar-refractivity contribution in [2.75, 3.05) is 0 Å². The van der Waals surface area contributed by atoms with Crippen molar-refractivity contribution in [1.29, 1.82) is 0 Å². The first-order chi connectivity index (χ1) is 16.0. The van der Waals surface area contributed by atoms with E-state index in [-0.39, 0.29) is 17.6 Å². The van der Waals surface area contributed by atoms with E-state index in [1.54, 1.807) is 0 Å². The van der Waals surface area contributed by atoms with Crippen LogP contribution in [0.3, 0.4) is 0 Å². The SMILES string of the molecule is Cc1c(C(=O)N[C@@H](C)CCc2ccccc2)oc2ccc3c(c12)[C@H](O)CC1(CCCCC1)O3.